The molecule has 4 rings (SSSR count). The van der Waals surface area contributed by atoms with E-state index >= 15 is 0 Å². The zero-order chi connectivity index (χ0) is 24.3. The molecule has 2 heterocycles. The summed E-state index contributed by atoms with van der Waals surface area (Å²) in [5.41, 5.74) is 0.914. The maximum absolute atomic E-state index is 12.9. The van der Waals surface area contributed by atoms with Gasteiger partial charge in [-0.15, -0.1) is 10.2 Å². The second kappa shape index (κ2) is 10.0. The van der Waals surface area contributed by atoms with Crippen LogP contribution in [-0.4, -0.2) is 42.7 Å². The van der Waals surface area contributed by atoms with Crippen LogP contribution in [0.15, 0.2) is 59.5 Å². The van der Waals surface area contributed by atoms with Crippen LogP contribution in [0.25, 0.3) is 0 Å². The first-order valence-corrected chi connectivity index (χ1v) is 13.5. The monoisotopic (exact) mass is 498 g/mol. The maximum Gasteiger partial charge on any atom is 0.258 e. The van der Waals surface area contributed by atoms with E-state index in [-0.39, 0.29) is 39.1 Å². The minimum Gasteiger partial charge on any atom is -0.312 e. The molecule has 2 aromatic carbocycles. The van der Waals surface area contributed by atoms with Crippen LogP contribution >= 0.6 is 11.3 Å². The first-order chi connectivity index (χ1) is 16.2. The van der Waals surface area contributed by atoms with Crippen LogP contribution in [0.2, 0.25) is 0 Å². The third-order valence-electron chi connectivity index (χ3n) is 5.63. The molecule has 8 nitrogen and oxygen atoms in total. The van der Waals surface area contributed by atoms with Gasteiger partial charge in [-0.25, -0.2) is 8.42 Å². The molecule has 2 amide bonds. The fraction of sp³-hybridized carbons (Fsp3) is 0.333. The molecular formula is C24H26N4O4S2. The maximum atomic E-state index is 12.9. The standard InChI is InChI=1S/C24H26N4O4S2/c1-16(2)12-13-34(31,32)20-11-7-6-10-19(20)22(30)25-24-27-26-23(33-24)17-14-21(29)28(15-17)18-8-4-3-5-9-18/h3-11,16-17H,12-15H2,1-2H3,(H,25,27,30). The van der Waals surface area contributed by atoms with Crippen LogP contribution in [0.5, 0.6) is 0 Å². The van der Waals surface area contributed by atoms with Gasteiger partial charge >= 0.3 is 0 Å². The molecule has 1 saturated heterocycles. The van der Waals surface area contributed by atoms with Gasteiger partial charge < -0.3 is 4.90 Å². The van der Waals surface area contributed by atoms with Crippen LogP contribution in [0.4, 0.5) is 10.8 Å². The quantitative estimate of drug-likeness (QED) is 0.500. The molecule has 0 bridgehead atoms. The molecule has 0 saturated carbocycles. The summed E-state index contributed by atoms with van der Waals surface area (Å²) in [6.45, 7) is 4.40. The molecule has 1 unspecified atom stereocenters. The summed E-state index contributed by atoms with van der Waals surface area (Å²) in [6, 6.07) is 15.6. The highest BCUT2D eigenvalue weighted by Gasteiger charge is 2.34. The summed E-state index contributed by atoms with van der Waals surface area (Å²) >= 11 is 1.20. The van der Waals surface area contributed by atoms with Crippen molar-refractivity contribution in [1.29, 1.82) is 0 Å². The molecule has 1 atom stereocenters. The van der Waals surface area contributed by atoms with Crippen LogP contribution < -0.4 is 10.2 Å². The number of anilines is 2. The Bertz CT molecular complexity index is 1290. The molecule has 1 aliphatic rings. The average Bonchev–Trinajstić information content (AvgIpc) is 3.45. The Morgan fingerprint density at radius 3 is 2.56 bits per heavy atom. The Kier molecular flexibility index (Phi) is 7.08. The molecule has 3 aromatic rings. The fourth-order valence-electron chi connectivity index (χ4n) is 3.77. The zero-order valence-electron chi connectivity index (χ0n) is 19.0. The number of amides is 2. The number of aromatic nitrogens is 2. The number of rotatable bonds is 8. The third-order valence-corrected chi connectivity index (χ3v) is 8.43. The summed E-state index contributed by atoms with van der Waals surface area (Å²) in [5.74, 6) is -0.460. The minimum absolute atomic E-state index is 0.0116. The molecule has 10 heteroatoms. The van der Waals surface area contributed by atoms with Crippen molar-refractivity contribution in [3.63, 3.8) is 0 Å². The molecule has 34 heavy (non-hydrogen) atoms. The summed E-state index contributed by atoms with van der Waals surface area (Å²) < 4.78 is 25.7. The van der Waals surface area contributed by atoms with E-state index in [2.05, 4.69) is 15.5 Å². The molecule has 0 spiro atoms. The van der Waals surface area contributed by atoms with Crippen molar-refractivity contribution in [3.05, 3.63) is 65.2 Å². The SMILES string of the molecule is CC(C)CCS(=O)(=O)c1ccccc1C(=O)Nc1nnc(C2CC(=O)N(c3ccccc3)C2)s1. The van der Waals surface area contributed by atoms with Gasteiger partial charge in [-0.05, 0) is 36.6 Å². The normalized spacial score (nSPS) is 16.3. The van der Waals surface area contributed by atoms with Crippen molar-refractivity contribution < 1.29 is 18.0 Å². The Morgan fingerprint density at radius 1 is 1.12 bits per heavy atom. The topological polar surface area (TPSA) is 109 Å². The lowest BCUT2D eigenvalue weighted by Gasteiger charge is -2.15. The molecule has 0 radical (unpaired) electrons. The van der Waals surface area contributed by atoms with E-state index in [9.17, 15) is 18.0 Å². The second-order valence-electron chi connectivity index (χ2n) is 8.64. The second-order valence-corrected chi connectivity index (χ2v) is 11.7. The number of carbonyl (C=O) groups excluding carboxylic acids is 2. The lowest BCUT2D eigenvalue weighted by atomic mass is 10.1. The molecule has 1 aliphatic heterocycles. The van der Waals surface area contributed by atoms with E-state index in [1.807, 2.05) is 44.2 Å². The van der Waals surface area contributed by atoms with Crippen molar-refractivity contribution in [2.24, 2.45) is 5.92 Å². The van der Waals surface area contributed by atoms with Crippen LogP contribution in [-0.2, 0) is 14.6 Å². The molecule has 0 aliphatic carbocycles. The number of hydrogen-bond acceptors (Lipinski definition) is 7. The van der Waals surface area contributed by atoms with Crippen molar-refractivity contribution >= 4 is 43.8 Å². The van der Waals surface area contributed by atoms with Gasteiger partial charge in [0.1, 0.15) is 5.01 Å². The molecule has 1 fully saturated rings. The van der Waals surface area contributed by atoms with E-state index in [4.69, 9.17) is 0 Å². The van der Waals surface area contributed by atoms with E-state index in [1.165, 1.54) is 23.5 Å². The fourth-order valence-corrected chi connectivity index (χ4v) is 6.38. The van der Waals surface area contributed by atoms with Gasteiger partial charge in [-0.3, -0.25) is 14.9 Å². The highest BCUT2D eigenvalue weighted by Crippen LogP contribution is 2.34. The van der Waals surface area contributed by atoms with Gasteiger partial charge in [0.15, 0.2) is 9.84 Å². The van der Waals surface area contributed by atoms with Crippen molar-refractivity contribution in [2.75, 3.05) is 22.5 Å². The van der Waals surface area contributed by atoms with Gasteiger partial charge in [0.05, 0.1) is 16.2 Å². The van der Waals surface area contributed by atoms with Crippen molar-refractivity contribution in [3.8, 4) is 0 Å². The average molecular weight is 499 g/mol. The smallest absolute Gasteiger partial charge is 0.258 e. The van der Waals surface area contributed by atoms with Gasteiger partial charge in [-0.1, -0.05) is 55.5 Å². The summed E-state index contributed by atoms with van der Waals surface area (Å²) in [4.78, 5) is 27.2. The predicted molar refractivity (Wildman–Crippen MR) is 132 cm³/mol. The van der Waals surface area contributed by atoms with E-state index in [1.54, 1.807) is 17.0 Å². The van der Waals surface area contributed by atoms with Gasteiger partial charge in [-0.2, -0.15) is 0 Å². The first-order valence-electron chi connectivity index (χ1n) is 11.1. The minimum atomic E-state index is -3.61. The lowest BCUT2D eigenvalue weighted by molar-refractivity contribution is -0.117. The first kappa shape index (κ1) is 24.0. The number of nitrogens with zero attached hydrogens (tertiary/aromatic N) is 3. The summed E-state index contributed by atoms with van der Waals surface area (Å²) in [6.07, 6.45) is 0.826. The van der Waals surface area contributed by atoms with Gasteiger partial charge in [0.25, 0.3) is 5.91 Å². The third kappa shape index (κ3) is 5.34. The van der Waals surface area contributed by atoms with Gasteiger partial charge in [0.2, 0.25) is 11.0 Å². The van der Waals surface area contributed by atoms with E-state index in [0.717, 1.165) is 5.69 Å². The number of carbonyl (C=O) groups is 2. The predicted octanol–water partition coefficient (Wildman–Crippen LogP) is 4.13. The highest BCUT2D eigenvalue weighted by atomic mass is 32.2. The number of nitrogens with one attached hydrogen (secondary N) is 1. The number of benzene rings is 2. The number of sulfone groups is 1. The largest absolute Gasteiger partial charge is 0.312 e. The zero-order valence-corrected chi connectivity index (χ0v) is 20.6. The van der Waals surface area contributed by atoms with E-state index in [0.29, 0.717) is 24.4 Å². The highest BCUT2D eigenvalue weighted by molar-refractivity contribution is 7.91. The van der Waals surface area contributed by atoms with Crippen molar-refractivity contribution in [1.82, 2.24) is 10.2 Å². The Morgan fingerprint density at radius 2 is 1.82 bits per heavy atom. The summed E-state index contributed by atoms with van der Waals surface area (Å²) in [7, 11) is -3.61. The molecular weight excluding hydrogens is 472 g/mol. The Labute approximate surface area is 202 Å². The van der Waals surface area contributed by atoms with Crippen LogP contribution in [0.3, 0.4) is 0 Å². The molecule has 1 N–H and O–H groups in total. The number of hydrogen-bond donors (Lipinski definition) is 1. The number of para-hydroxylation sites is 1. The van der Waals surface area contributed by atoms with Crippen LogP contribution in [0.1, 0.15) is 48.0 Å². The van der Waals surface area contributed by atoms with Crippen LogP contribution in [0, 0.1) is 5.92 Å². The molecule has 1 aromatic heterocycles. The molecule has 178 valence electrons. The Balaban J connectivity index is 1.47. The summed E-state index contributed by atoms with van der Waals surface area (Å²) in [5, 5.41) is 11.8. The lowest BCUT2D eigenvalue weighted by Crippen LogP contribution is -2.24. The van der Waals surface area contributed by atoms with Gasteiger partial charge in [0, 0.05) is 24.6 Å². The Hall–Kier alpha value is -3.11. The van der Waals surface area contributed by atoms with Crippen molar-refractivity contribution in [2.45, 2.75) is 37.5 Å². The van der Waals surface area contributed by atoms with E-state index < -0.39 is 15.7 Å².